The Hall–Kier alpha value is -2.98. The van der Waals surface area contributed by atoms with E-state index in [2.05, 4.69) is 59.0 Å². The van der Waals surface area contributed by atoms with Crippen LogP contribution in [0.1, 0.15) is 17.0 Å². The minimum absolute atomic E-state index is 0.219. The van der Waals surface area contributed by atoms with E-state index in [4.69, 9.17) is 4.98 Å². The summed E-state index contributed by atoms with van der Waals surface area (Å²) in [7, 11) is 2.06. The lowest BCUT2D eigenvalue weighted by atomic mass is 10.0. The van der Waals surface area contributed by atoms with Crippen LogP contribution in [-0.4, -0.2) is 21.0 Å². The second-order valence-electron chi connectivity index (χ2n) is 7.49. The molecule has 4 heteroatoms. The first-order chi connectivity index (χ1) is 13.7. The molecule has 3 nitrogen and oxygen atoms in total. The zero-order chi connectivity index (χ0) is 19.1. The molecule has 4 aromatic rings. The molecule has 0 saturated heterocycles. The molecule has 0 radical (unpaired) electrons. The van der Waals surface area contributed by atoms with E-state index in [1.165, 1.54) is 34.2 Å². The van der Waals surface area contributed by atoms with Crippen LogP contribution in [0.5, 0.6) is 0 Å². The number of imidazole rings is 1. The fraction of sp³-hybridized carbons (Fsp3) is 0.208. The van der Waals surface area contributed by atoms with Gasteiger partial charge in [-0.05, 0) is 40.6 Å². The molecule has 0 aliphatic carbocycles. The summed E-state index contributed by atoms with van der Waals surface area (Å²) in [6, 6.07) is 21.7. The topological polar surface area (TPSA) is 21.1 Å². The van der Waals surface area contributed by atoms with E-state index in [0.29, 0.717) is 0 Å². The van der Waals surface area contributed by atoms with Crippen LogP contribution in [0.15, 0.2) is 66.7 Å². The molecule has 5 rings (SSSR count). The highest BCUT2D eigenvalue weighted by molar-refractivity contribution is 5.85. The molecule has 3 aromatic carbocycles. The Kier molecular flexibility index (Phi) is 4.21. The van der Waals surface area contributed by atoms with Crippen LogP contribution in [0.4, 0.5) is 4.39 Å². The molecule has 2 heterocycles. The lowest BCUT2D eigenvalue weighted by Gasteiger charge is -2.27. The van der Waals surface area contributed by atoms with Crippen LogP contribution >= 0.6 is 0 Å². The Morgan fingerprint density at radius 1 is 0.964 bits per heavy atom. The molecule has 0 amide bonds. The van der Waals surface area contributed by atoms with Crippen molar-refractivity contribution < 1.29 is 4.39 Å². The number of hydrogen-bond acceptors (Lipinski definition) is 2. The number of aromatic nitrogens is 2. The van der Waals surface area contributed by atoms with E-state index < -0.39 is 0 Å². The molecule has 1 aliphatic rings. The van der Waals surface area contributed by atoms with Crippen molar-refractivity contribution in [3.05, 3.63) is 89.5 Å². The predicted octanol–water partition coefficient (Wildman–Crippen LogP) is 4.94. The van der Waals surface area contributed by atoms with Crippen LogP contribution in [0.2, 0.25) is 0 Å². The van der Waals surface area contributed by atoms with Crippen molar-refractivity contribution in [3.63, 3.8) is 0 Å². The second-order valence-corrected chi connectivity index (χ2v) is 7.49. The summed E-state index contributed by atoms with van der Waals surface area (Å²) in [6.07, 6.45) is 0.940. The Morgan fingerprint density at radius 3 is 2.61 bits per heavy atom. The van der Waals surface area contributed by atoms with Gasteiger partial charge >= 0.3 is 0 Å². The van der Waals surface area contributed by atoms with E-state index in [9.17, 15) is 4.39 Å². The normalized spacial score (nSPS) is 14.4. The van der Waals surface area contributed by atoms with E-state index >= 15 is 0 Å². The van der Waals surface area contributed by atoms with Gasteiger partial charge < -0.3 is 4.57 Å². The summed E-state index contributed by atoms with van der Waals surface area (Å²) in [5.74, 6) is 0.695. The van der Waals surface area contributed by atoms with Crippen molar-refractivity contribution in [2.75, 3.05) is 6.54 Å². The van der Waals surface area contributed by atoms with Gasteiger partial charge in [0.1, 0.15) is 11.6 Å². The summed E-state index contributed by atoms with van der Waals surface area (Å²) in [5.41, 5.74) is 4.74. The maximum absolute atomic E-state index is 13.3. The Labute approximate surface area is 164 Å². The van der Waals surface area contributed by atoms with Crippen molar-refractivity contribution in [2.24, 2.45) is 7.05 Å². The highest BCUT2D eigenvalue weighted by Crippen LogP contribution is 2.28. The van der Waals surface area contributed by atoms with Crippen LogP contribution < -0.4 is 0 Å². The number of fused-ring (bicyclic) bond motifs is 2. The molecule has 1 aromatic heterocycles. The molecule has 0 saturated carbocycles. The molecule has 0 unspecified atom stereocenters. The van der Waals surface area contributed by atoms with E-state index in [1.807, 2.05) is 0 Å². The van der Waals surface area contributed by atoms with Gasteiger partial charge in [-0.3, -0.25) is 4.90 Å². The molecule has 1 aliphatic heterocycles. The Morgan fingerprint density at radius 2 is 1.75 bits per heavy atom. The van der Waals surface area contributed by atoms with Gasteiger partial charge in [0, 0.05) is 38.7 Å². The lowest BCUT2D eigenvalue weighted by Crippen LogP contribution is -2.31. The zero-order valence-corrected chi connectivity index (χ0v) is 15.9. The number of benzene rings is 3. The molecule has 0 spiro atoms. The van der Waals surface area contributed by atoms with Crippen LogP contribution in [0, 0.1) is 5.82 Å². The summed E-state index contributed by atoms with van der Waals surface area (Å²) < 4.78 is 15.4. The number of rotatable bonds is 3. The molecular weight excluding hydrogens is 349 g/mol. The summed E-state index contributed by atoms with van der Waals surface area (Å²) in [4.78, 5) is 7.34. The first-order valence-electron chi connectivity index (χ1n) is 9.68. The minimum Gasteiger partial charge on any atom is -0.330 e. The first-order valence-corrected chi connectivity index (χ1v) is 9.68. The van der Waals surface area contributed by atoms with Crippen molar-refractivity contribution >= 4 is 10.8 Å². The molecule has 140 valence electrons. The van der Waals surface area contributed by atoms with Gasteiger partial charge in [-0.25, -0.2) is 9.37 Å². The third kappa shape index (κ3) is 3.00. The lowest BCUT2D eigenvalue weighted by molar-refractivity contribution is 0.239. The highest BCUT2D eigenvalue weighted by Gasteiger charge is 2.23. The van der Waals surface area contributed by atoms with Gasteiger partial charge in [0.25, 0.3) is 0 Å². The van der Waals surface area contributed by atoms with E-state index in [-0.39, 0.29) is 5.82 Å². The monoisotopic (exact) mass is 371 g/mol. The standard InChI is InChI=1S/C24H22FN3/c1-27-23-16-28(15-19-7-4-6-17-5-2-3-8-21(17)19)14-13-22(23)26-24(27)18-9-11-20(25)12-10-18/h2-12H,13-16H2,1H3. The number of hydrogen-bond donors (Lipinski definition) is 0. The van der Waals surface area contributed by atoms with Gasteiger partial charge in [-0.15, -0.1) is 0 Å². The molecule has 0 N–H and O–H groups in total. The Balaban J connectivity index is 1.43. The molecule has 0 atom stereocenters. The van der Waals surface area contributed by atoms with Crippen molar-refractivity contribution in [3.8, 4) is 11.4 Å². The third-order valence-electron chi connectivity index (χ3n) is 5.71. The fourth-order valence-corrected chi connectivity index (χ4v) is 4.20. The van der Waals surface area contributed by atoms with Crippen molar-refractivity contribution in [1.29, 1.82) is 0 Å². The molecule has 0 fully saturated rings. The maximum Gasteiger partial charge on any atom is 0.140 e. The van der Waals surface area contributed by atoms with Crippen LogP contribution in [0.3, 0.4) is 0 Å². The van der Waals surface area contributed by atoms with Gasteiger partial charge in [0.15, 0.2) is 0 Å². The predicted molar refractivity (Wildman–Crippen MR) is 110 cm³/mol. The van der Waals surface area contributed by atoms with Gasteiger partial charge in [0.2, 0.25) is 0 Å². The summed E-state index contributed by atoms with van der Waals surface area (Å²) in [5, 5.41) is 2.62. The van der Waals surface area contributed by atoms with Crippen molar-refractivity contribution in [2.45, 2.75) is 19.5 Å². The van der Waals surface area contributed by atoms with Crippen LogP contribution in [0.25, 0.3) is 22.2 Å². The van der Waals surface area contributed by atoms with Gasteiger partial charge in [-0.1, -0.05) is 42.5 Å². The SMILES string of the molecule is Cn1c(-c2ccc(F)cc2)nc2c1CN(Cc1cccc3ccccc13)CC2. The summed E-state index contributed by atoms with van der Waals surface area (Å²) in [6.45, 7) is 2.80. The molecule has 0 bridgehead atoms. The average Bonchev–Trinajstić information content (AvgIpc) is 3.05. The second kappa shape index (κ2) is 6.88. The van der Waals surface area contributed by atoms with Gasteiger partial charge in [0.05, 0.1) is 11.4 Å². The zero-order valence-electron chi connectivity index (χ0n) is 15.9. The smallest absolute Gasteiger partial charge is 0.140 e. The first kappa shape index (κ1) is 17.1. The van der Waals surface area contributed by atoms with Gasteiger partial charge in [-0.2, -0.15) is 0 Å². The minimum atomic E-state index is -0.219. The third-order valence-corrected chi connectivity index (χ3v) is 5.71. The quantitative estimate of drug-likeness (QED) is 0.509. The average molecular weight is 371 g/mol. The Bertz CT molecular complexity index is 1140. The number of halogens is 1. The van der Waals surface area contributed by atoms with E-state index in [1.54, 1.807) is 12.1 Å². The molecular formula is C24H22FN3. The van der Waals surface area contributed by atoms with E-state index in [0.717, 1.165) is 43.1 Å². The number of nitrogens with zero attached hydrogens (tertiary/aromatic N) is 3. The highest BCUT2D eigenvalue weighted by atomic mass is 19.1. The largest absolute Gasteiger partial charge is 0.330 e. The maximum atomic E-state index is 13.3. The van der Waals surface area contributed by atoms with Crippen LogP contribution in [-0.2, 0) is 26.6 Å². The molecule has 28 heavy (non-hydrogen) atoms. The van der Waals surface area contributed by atoms with Crippen molar-refractivity contribution in [1.82, 2.24) is 14.5 Å². The summed E-state index contributed by atoms with van der Waals surface area (Å²) >= 11 is 0. The fourth-order valence-electron chi connectivity index (χ4n) is 4.20.